The number of carbonyl (C=O) groups excluding carboxylic acids is 2. The van der Waals surface area contributed by atoms with E-state index < -0.39 is 11.8 Å². The highest BCUT2D eigenvalue weighted by atomic mass is 35.5. The van der Waals surface area contributed by atoms with Gasteiger partial charge in [-0.3, -0.25) is 19.8 Å². The number of methoxy groups -OCH3 is 1. The fourth-order valence-electron chi connectivity index (χ4n) is 3.26. The minimum absolute atomic E-state index is 0.0130. The largest absolute Gasteiger partial charge is 0.496 e. The highest BCUT2D eigenvalue weighted by Crippen LogP contribution is 2.31. The normalized spacial score (nSPS) is 15.7. The zero-order valence-electron chi connectivity index (χ0n) is 15.3. The number of rotatable bonds is 3. The van der Waals surface area contributed by atoms with Crippen LogP contribution in [0, 0.1) is 0 Å². The predicted octanol–water partition coefficient (Wildman–Crippen LogP) is 4.33. The van der Waals surface area contributed by atoms with Gasteiger partial charge in [-0.15, -0.1) is 0 Å². The molecule has 7 heteroatoms. The maximum absolute atomic E-state index is 13.2. The van der Waals surface area contributed by atoms with Gasteiger partial charge in [0.25, 0.3) is 11.8 Å². The molecule has 1 N–H and O–H groups in total. The van der Waals surface area contributed by atoms with Crippen LogP contribution < -0.4 is 15.0 Å². The van der Waals surface area contributed by atoms with Gasteiger partial charge < -0.3 is 4.74 Å². The smallest absolute Gasteiger partial charge is 0.270 e. The Morgan fingerprint density at radius 3 is 2.52 bits per heavy atom. The summed E-state index contributed by atoms with van der Waals surface area (Å²) in [6.45, 7) is 0. The number of halogens is 1. The number of hydrogen-bond acceptors (Lipinski definition) is 4. The summed E-state index contributed by atoms with van der Waals surface area (Å²) in [5, 5.41) is 4.80. The van der Waals surface area contributed by atoms with Crippen molar-refractivity contribution in [3.8, 4) is 5.75 Å². The summed E-state index contributed by atoms with van der Waals surface area (Å²) in [7, 11) is 1.60. The van der Waals surface area contributed by atoms with Crippen LogP contribution in [0.2, 0.25) is 5.02 Å². The Balaban J connectivity index is 1.83. The highest BCUT2D eigenvalue weighted by molar-refractivity contribution is 7.80. The summed E-state index contributed by atoms with van der Waals surface area (Å²) in [6, 6.07) is 18.0. The van der Waals surface area contributed by atoms with E-state index in [1.807, 2.05) is 30.3 Å². The van der Waals surface area contributed by atoms with Crippen LogP contribution in [0.15, 0.2) is 66.2 Å². The van der Waals surface area contributed by atoms with Crippen molar-refractivity contribution in [2.75, 3.05) is 12.0 Å². The number of ether oxygens (including phenoxy) is 1. The van der Waals surface area contributed by atoms with Crippen LogP contribution in [-0.4, -0.2) is 24.0 Å². The molecule has 1 aliphatic rings. The summed E-state index contributed by atoms with van der Waals surface area (Å²) in [5.41, 5.74) is 1.19. The van der Waals surface area contributed by atoms with E-state index in [1.165, 1.54) is 4.90 Å². The Bertz CT molecular complexity index is 1210. The molecule has 0 atom stereocenters. The zero-order chi connectivity index (χ0) is 20.5. The van der Waals surface area contributed by atoms with Crippen molar-refractivity contribution in [3.05, 3.63) is 76.8 Å². The van der Waals surface area contributed by atoms with Crippen LogP contribution in [0.1, 0.15) is 5.56 Å². The Morgan fingerprint density at radius 2 is 1.79 bits per heavy atom. The summed E-state index contributed by atoms with van der Waals surface area (Å²) < 4.78 is 5.41. The second kappa shape index (κ2) is 7.66. The number of anilines is 1. The molecule has 1 heterocycles. The van der Waals surface area contributed by atoms with Crippen molar-refractivity contribution >= 4 is 63.3 Å². The topological polar surface area (TPSA) is 58.6 Å². The third-order valence-corrected chi connectivity index (χ3v) is 5.13. The van der Waals surface area contributed by atoms with E-state index in [2.05, 4.69) is 5.32 Å². The third kappa shape index (κ3) is 3.48. The fraction of sp³-hybridized carbons (Fsp3) is 0.0455. The molecule has 1 fully saturated rings. The first-order valence-electron chi connectivity index (χ1n) is 8.72. The van der Waals surface area contributed by atoms with Crippen molar-refractivity contribution in [2.45, 2.75) is 0 Å². The summed E-state index contributed by atoms with van der Waals surface area (Å²) >= 11 is 11.3. The van der Waals surface area contributed by atoms with Gasteiger partial charge in [0.05, 0.1) is 12.8 Å². The minimum atomic E-state index is -0.543. The average molecular weight is 423 g/mol. The molecule has 0 aliphatic carbocycles. The van der Waals surface area contributed by atoms with Gasteiger partial charge in [-0.05, 0) is 53.5 Å². The minimum Gasteiger partial charge on any atom is -0.496 e. The molecular formula is C22H15ClN2O3S. The van der Waals surface area contributed by atoms with E-state index >= 15 is 0 Å². The Hall–Kier alpha value is -3.22. The standard InChI is InChI=1S/C22H15ClN2O3S/c1-28-19-10-9-13(16-7-2-3-8-17(16)19)11-18-20(26)24-22(29)25(21(18)27)15-6-4-5-14(23)12-15/h2-12H,1H3,(H,24,26,29). The lowest BCUT2D eigenvalue weighted by Crippen LogP contribution is -2.54. The molecule has 144 valence electrons. The van der Waals surface area contributed by atoms with Gasteiger partial charge in [0, 0.05) is 10.4 Å². The van der Waals surface area contributed by atoms with E-state index in [-0.39, 0.29) is 10.7 Å². The zero-order valence-corrected chi connectivity index (χ0v) is 16.9. The third-order valence-electron chi connectivity index (χ3n) is 4.61. The number of nitrogens with one attached hydrogen (secondary N) is 1. The number of amides is 2. The van der Waals surface area contributed by atoms with Crippen molar-refractivity contribution in [1.29, 1.82) is 0 Å². The molecule has 4 rings (SSSR count). The molecule has 3 aromatic carbocycles. The number of carbonyl (C=O) groups is 2. The van der Waals surface area contributed by atoms with E-state index in [4.69, 9.17) is 28.6 Å². The van der Waals surface area contributed by atoms with Crippen molar-refractivity contribution < 1.29 is 14.3 Å². The lowest BCUT2D eigenvalue weighted by molar-refractivity contribution is -0.122. The van der Waals surface area contributed by atoms with Gasteiger partial charge in [-0.1, -0.05) is 48.0 Å². The molecule has 0 bridgehead atoms. The number of benzene rings is 3. The first-order chi connectivity index (χ1) is 14.0. The molecule has 0 radical (unpaired) electrons. The van der Waals surface area contributed by atoms with Crippen LogP contribution in [0.3, 0.4) is 0 Å². The molecule has 1 saturated heterocycles. The molecule has 0 unspecified atom stereocenters. The van der Waals surface area contributed by atoms with Crippen LogP contribution in [0.25, 0.3) is 16.8 Å². The Labute approximate surface area is 177 Å². The summed E-state index contributed by atoms with van der Waals surface area (Å²) in [6.07, 6.45) is 1.57. The fourth-order valence-corrected chi connectivity index (χ4v) is 3.73. The molecule has 1 aliphatic heterocycles. The van der Waals surface area contributed by atoms with Gasteiger partial charge in [0.1, 0.15) is 11.3 Å². The lowest BCUT2D eigenvalue weighted by Gasteiger charge is -2.29. The monoisotopic (exact) mass is 422 g/mol. The first kappa shape index (κ1) is 19.1. The van der Waals surface area contributed by atoms with E-state index in [0.717, 1.165) is 16.3 Å². The maximum Gasteiger partial charge on any atom is 0.270 e. The lowest BCUT2D eigenvalue weighted by atomic mass is 10.00. The molecule has 3 aromatic rings. The highest BCUT2D eigenvalue weighted by Gasteiger charge is 2.34. The number of hydrogen-bond donors (Lipinski definition) is 1. The molecule has 5 nitrogen and oxygen atoms in total. The first-order valence-corrected chi connectivity index (χ1v) is 9.51. The number of fused-ring (bicyclic) bond motifs is 1. The average Bonchev–Trinajstić information content (AvgIpc) is 2.71. The van der Waals surface area contributed by atoms with Crippen molar-refractivity contribution in [3.63, 3.8) is 0 Å². The van der Waals surface area contributed by atoms with Crippen LogP contribution >= 0.6 is 23.8 Å². The molecule has 0 aromatic heterocycles. The van der Waals surface area contributed by atoms with Crippen LogP contribution in [-0.2, 0) is 9.59 Å². The van der Waals surface area contributed by atoms with Gasteiger partial charge in [-0.2, -0.15) is 0 Å². The second-order valence-corrected chi connectivity index (χ2v) is 7.16. The van der Waals surface area contributed by atoms with E-state index in [0.29, 0.717) is 16.5 Å². The maximum atomic E-state index is 13.2. The quantitative estimate of drug-likeness (QED) is 0.387. The molecule has 0 spiro atoms. The SMILES string of the molecule is COc1ccc(C=C2C(=O)NC(=S)N(c3cccc(Cl)c3)C2=O)c2ccccc12. The van der Waals surface area contributed by atoms with Crippen molar-refractivity contribution in [2.24, 2.45) is 0 Å². The van der Waals surface area contributed by atoms with Gasteiger partial charge >= 0.3 is 0 Å². The van der Waals surface area contributed by atoms with Crippen LogP contribution in [0.4, 0.5) is 5.69 Å². The van der Waals surface area contributed by atoms with Gasteiger partial charge in [0.2, 0.25) is 0 Å². The summed E-state index contributed by atoms with van der Waals surface area (Å²) in [4.78, 5) is 27.0. The van der Waals surface area contributed by atoms with Crippen LogP contribution in [0.5, 0.6) is 5.75 Å². The van der Waals surface area contributed by atoms with Gasteiger partial charge in [0.15, 0.2) is 5.11 Å². The van der Waals surface area contributed by atoms with Gasteiger partial charge in [-0.25, -0.2) is 0 Å². The molecule has 0 saturated carbocycles. The van der Waals surface area contributed by atoms with E-state index in [1.54, 1.807) is 43.5 Å². The molecule has 29 heavy (non-hydrogen) atoms. The Morgan fingerprint density at radius 1 is 1.03 bits per heavy atom. The molecular weight excluding hydrogens is 408 g/mol. The summed E-state index contributed by atoms with van der Waals surface area (Å²) in [5.74, 6) is -0.344. The predicted molar refractivity (Wildman–Crippen MR) is 118 cm³/mol. The van der Waals surface area contributed by atoms with Crippen molar-refractivity contribution in [1.82, 2.24) is 5.32 Å². The van der Waals surface area contributed by atoms with E-state index in [9.17, 15) is 9.59 Å². The second-order valence-electron chi connectivity index (χ2n) is 6.34. The Kier molecular flexibility index (Phi) is 5.05. The molecule has 2 amide bonds. The number of thiocarbonyl (C=S) groups is 1. The number of nitrogens with zero attached hydrogens (tertiary/aromatic N) is 1.